The minimum atomic E-state index is 0.0802. The lowest BCUT2D eigenvalue weighted by atomic mass is 9.80. The summed E-state index contributed by atoms with van der Waals surface area (Å²) in [5.74, 6) is 0.174. The summed E-state index contributed by atoms with van der Waals surface area (Å²) >= 11 is 0. The Labute approximate surface area is 135 Å². The lowest BCUT2D eigenvalue weighted by Gasteiger charge is -2.28. The largest absolute Gasteiger partial charge is 0.326 e. The number of hydrogen-bond acceptors (Lipinski definition) is 1. The Hall–Kier alpha value is -2.87. The molecule has 112 valence electrons. The van der Waals surface area contributed by atoms with E-state index >= 15 is 0 Å². The first-order valence-corrected chi connectivity index (χ1v) is 7.86. The molecule has 1 amide bonds. The molecule has 1 aliphatic heterocycles. The minimum Gasteiger partial charge on any atom is -0.326 e. The van der Waals surface area contributed by atoms with Crippen LogP contribution in [0.15, 0.2) is 78.9 Å². The van der Waals surface area contributed by atoms with Gasteiger partial charge in [0.05, 0.1) is 0 Å². The van der Waals surface area contributed by atoms with Gasteiger partial charge in [-0.05, 0) is 28.3 Å². The molecule has 2 heteroatoms. The zero-order valence-corrected chi connectivity index (χ0v) is 12.7. The van der Waals surface area contributed by atoms with Crippen LogP contribution in [-0.2, 0) is 4.79 Å². The maximum absolute atomic E-state index is 12.1. The van der Waals surface area contributed by atoms with Crippen LogP contribution >= 0.6 is 0 Å². The van der Waals surface area contributed by atoms with Gasteiger partial charge in [-0.15, -0.1) is 0 Å². The summed E-state index contributed by atoms with van der Waals surface area (Å²) in [5.41, 5.74) is 5.70. The van der Waals surface area contributed by atoms with Crippen LogP contribution in [0.25, 0.3) is 11.1 Å². The van der Waals surface area contributed by atoms with E-state index in [2.05, 4.69) is 35.6 Å². The van der Waals surface area contributed by atoms with E-state index in [1.165, 1.54) is 22.3 Å². The van der Waals surface area contributed by atoms with Gasteiger partial charge in [0.1, 0.15) is 0 Å². The van der Waals surface area contributed by atoms with Crippen molar-refractivity contribution in [1.29, 1.82) is 0 Å². The standard InChI is InChI=1S/C21H17NO/c23-20-14-18(16-10-5-2-6-11-16)21-17(12-7-13-19(21)22-20)15-8-3-1-4-9-15/h1-13,18H,14H2,(H,22,23). The quantitative estimate of drug-likeness (QED) is 0.721. The molecule has 0 fully saturated rings. The molecule has 1 aliphatic rings. The summed E-state index contributed by atoms with van der Waals surface area (Å²) in [7, 11) is 0. The molecule has 0 saturated carbocycles. The van der Waals surface area contributed by atoms with Gasteiger partial charge in [0.2, 0.25) is 5.91 Å². The van der Waals surface area contributed by atoms with E-state index in [0.717, 1.165) is 5.69 Å². The highest BCUT2D eigenvalue weighted by molar-refractivity contribution is 5.97. The molecule has 4 rings (SSSR count). The number of amides is 1. The molecule has 1 heterocycles. The highest BCUT2D eigenvalue weighted by atomic mass is 16.1. The van der Waals surface area contributed by atoms with Crippen LogP contribution in [0, 0.1) is 0 Å². The Kier molecular flexibility index (Phi) is 3.43. The SMILES string of the molecule is O=C1CC(c2ccccc2)c2c(cccc2-c2ccccc2)N1. The summed E-state index contributed by atoms with van der Waals surface area (Å²) in [6, 6.07) is 26.8. The monoisotopic (exact) mass is 299 g/mol. The molecular formula is C21H17NO. The van der Waals surface area contributed by atoms with Crippen LogP contribution < -0.4 is 5.32 Å². The van der Waals surface area contributed by atoms with Gasteiger partial charge in [0.15, 0.2) is 0 Å². The zero-order chi connectivity index (χ0) is 15.6. The number of nitrogens with one attached hydrogen (secondary N) is 1. The van der Waals surface area contributed by atoms with Crippen LogP contribution in [0.1, 0.15) is 23.5 Å². The average Bonchev–Trinajstić information content (AvgIpc) is 2.62. The first-order valence-electron chi connectivity index (χ1n) is 7.86. The van der Waals surface area contributed by atoms with E-state index in [-0.39, 0.29) is 11.8 Å². The Morgan fingerprint density at radius 3 is 2.22 bits per heavy atom. The molecular weight excluding hydrogens is 282 g/mol. The van der Waals surface area contributed by atoms with Crippen molar-refractivity contribution in [2.45, 2.75) is 12.3 Å². The van der Waals surface area contributed by atoms with Crippen molar-refractivity contribution in [2.24, 2.45) is 0 Å². The van der Waals surface area contributed by atoms with E-state index < -0.39 is 0 Å². The molecule has 3 aromatic carbocycles. The highest BCUT2D eigenvalue weighted by Gasteiger charge is 2.28. The van der Waals surface area contributed by atoms with Gasteiger partial charge >= 0.3 is 0 Å². The van der Waals surface area contributed by atoms with Crippen LogP contribution in [0.4, 0.5) is 5.69 Å². The van der Waals surface area contributed by atoms with E-state index in [1.807, 2.05) is 48.5 Å². The fourth-order valence-electron chi connectivity index (χ4n) is 3.38. The Morgan fingerprint density at radius 1 is 0.783 bits per heavy atom. The van der Waals surface area contributed by atoms with Gasteiger partial charge in [-0.1, -0.05) is 72.8 Å². The number of carbonyl (C=O) groups is 1. The zero-order valence-electron chi connectivity index (χ0n) is 12.7. The van der Waals surface area contributed by atoms with E-state index in [9.17, 15) is 4.79 Å². The molecule has 0 spiro atoms. The highest BCUT2D eigenvalue weighted by Crippen LogP contribution is 2.42. The maximum atomic E-state index is 12.1. The smallest absolute Gasteiger partial charge is 0.225 e. The van der Waals surface area contributed by atoms with Crippen molar-refractivity contribution < 1.29 is 4.79 Å². The number of rotatable bonds is 2. The van der Waals surface area contributed by atoms with Crippen molar-refractivity contribution in [3.8, 4) is 11.1 Å². The lowest BCUT2D eigenvalue weighted by Crippen LogP contribution is -2.24. The summed E-state index contributed by atoms with van der Waals surface area (Å²) in [4.78, 5) is 12.1. The van der Waals surface area contributed by atoms with Gasteiger partial charge in [0, 0.05) is 18.0 Å². The molecule has 2 nitrogen and oxygen atoms in total. The van der Waals surface area contributed by atoms with Crippen LogP contribution in [-0.4, -0.2) is 5.91 Å². The first kappa shape index (κ1) is 13.8. The molecule has 1 atom stereocenters. The van der Waals surface area contributed by atoms with Crippen molar-refractivity contribution in [2.75, 3.05) is 5.32 Å². The van der Waals surface area contributed by atoms with Gasteiger partial charge in [-0.3, -0.25) is 4.79 Å². The van der Waals surface area contributed by atoms with Gasteiger partial charge in [-0.2, -0.15) is 0 Å². The molecule has 1 unspecified atom stereocenters. The Morgan fingerprint density at radius 2 is 1.48 bits per heavy atom. The van der Waals surface area contributed by atoms with E-state index in [1.54, 1.807) is 0 Å². The number of carbonyl (C=O) groups excluding carboxylic acids is 1. The molecule has 0 bridgehead atoms. The van der Waals surface area contributed by atoms with Crippen molar-refractivity contribution in [3.05, 3.63) is 90.0 Å². The summed E-state index contributed by atoms with van der Waals surface area (Å²) < 4.78 is 0. The maximum Gasteiger partial charge on any atom is 0.225 e. The number of benzene rings is 3. The second kappa shape index (κ2) is 5.73. The number of fused-ring (bicyclic) bond motifs is 1. The van der Waals surface area contributed by atoms with Crippen LogP contribution in [0.2, 0.25) is 0 Å². The number of hydrogen-bond donors (Lipinski definition) is 1. The topological polar surface area (TPSA) is 29.1 Å². The third-order valence-corrected chi connectivity index (χ3v) is 4.40. The van der Waals surface area contributed by atoms with E-state index in [4.69, 9.17) is 0 Å². The minimum absolute atomic E-state index is 0.0802. The van der Waals surface area contributed by atoms with Gasteiger partial charge in [-0.25, -0.2) is 0 Å². The van der Waals surface area contributed by atoms with Gasteiger partial charge < -0.3 is 5.32 Å². The van der Waals surface area contributed by atoms with Crippen molar-refractivity contribution in [3.63, 3.8) is 0 Å². The summed E-state index contributed by atoms with van der Waals surface area (Å²) in [6.45, 7) is 0. The molecule has 1 N–H and O–H groups in total. The van der Waals surface area contributed by atoms with Crippen LogP contribution in [0.3, 0.4) is 0 Å². The number of anilines is 1. The molecule has 0 aliphatic carbocycles. The fourth-order valence-corrected chi connectivity index (χ4v) is 3.38. The third kappa shape index (κ3) is 2.53. The predicted molar refractivity (Wildman–Crippen MR) is 93.4 cm³/mol. The molecule has 0 radical (unpaired) electrons. The van der Waals surface area contributed by atoms with Gasteiger partial charge in [0.25, 0.3) is 0 Å². The van der Waals surface area contributed by atoms with E-state index in [0.29, 0.717) is 6.42 Å². The second-order valence-corrected chi connectivity index (χ2v) is 5.85. The summed E-state index contributed by atoms with van der Waals surface area (Å²) in [5, 5.41) is 3.03. The Balaban J connectivity index is 1.93. The lowest BCUT2D eigenvalue weighted by molar-refractivity contribution is -0.116. The Bertz CT molecular complexity index is 840. The van der Waals surface area contributed by atoms with Crippen molar-refractivity contribution in [1.82, 2.24) is 0 Å². The first-order chi connectivity index (χ1) is 11.3. The average molecular weight is 299 g/mol. The molecule has 0 saturated heterocycles. The predicted octanol–water partition coefficient (Wildman–Crippen LogP) is 4.83. The normalized spacial score (nSPS) is 16.5. The van der Waals surface area contributed by atoms with Crippen LogP contribution in [0.5, 0.6) is 0 Å². The molecule has 23 heavy (non-hydrogen) atoms. The van der Waals surface area contributed by atoms with Crippen molar-refractivity contribution >= 4 is 11.6 Å². The second-order valence-electron chi connectivity index (χ2n) is 5.85. The fraction of sp³-hybridized carbons (Fsp3) is 0.0952. The molecule has 0 aromatic heterocycles. The molecule has 3 aromatic rings. The summed E-state index contributed by atoms with van der Waals surface area (Å²) in [6.07, 6.45) is 0.487. The third-order valence-electron chi connectivity index (χ3n) is 4.40.